The number of anilines is 1. The molecule has 124 valence electrons. The van der Waals surface area contributed by atoms with E-state index in [0.29, 0.717) is 13.1 Å². The lowest BCUT2D eigenvalue weighted by Gasteiger charge is -2.20. The summed E-state index contributed by atoms with van der Waals surface area (Å²) in [5.41, 5.74) is 0.217. The largest absolute Gasteiger partial charge is 0.322 e. The van der Waals surface area contributed by atoms with E-state index in [1.165, 1.54) is 15.8 Å². The highest BCUT2D eigenvalue weighted by atomic mass is 32.1. The number of halogens is 1. The van der Waals surface area contributed by atoms with Gasteiger partial charge < -0.3 is 5.32 Å². The lowest BCUT2D eigenvalue weighted by atomic mass is 10.3. The molecule has 3 nitrogen and oxygen atoms in total. The molecule has 0 radical (unpaired) electrons. The first kappa shape index (κ1) is 16.8. The zero-order chi connectivity index (χ0) is 16.8. The Hall–Kier alpha value is -2.02. The Morgan fingerprint density at radius 3 is 2.12 bits per heavy atom. The molecule has 3 aromatic rings. The third kappa shape index (κ3) is 4.74. The third-order valence-corrected chi connectivity index (χ3v) is 5.16. The predicted molar refractivity (Wildman–Crippen MR) is 97.8 cm³/mol. The third-order valence-electron chi connectivity index (χ3n) is 3.43. The standard InChI is InChI=1S/C18H17FN2OS2/c19-16-7-1-2-8-17(16)20-18(22)13-21(11-14-5-3-9-23-14)12-15-6-4-10-24-15/h1-10H,11-13H2,(H,20,22). The molecule has 2 aromatic heterocycles. The molecule has 0 bridgehead atoms. The van der Waals surface area contributed by atoms with Gasteiger partial charge in [0.2, 0.25) is 5.91 Å². The molecule has 1 aromatic carbocycles. The molecule has 0 saturated heterocycles. The number of nitrogens with one attached hydrogen (secondary N) is 1. The number of carbonyl (C=O) groups is 1. The van der Waals surface area contributed by atoms with E-state index in [1.54, 1.807) is 40.9 Å². The van der Waals surface area contributed by atoms with E-state index in [4.69, 9.17) is 0 Å². The summed E-state index contributed by atoms with van der Waals surface area (Å²) in [6.07, 6.45) is 0. The molecule has 1 amide bonds. The second kappa shape index (κ2) is 8.19. The van der Waals surface area contributed by atoms with Crippen molar-refractivity contribution in [1.29, 1.82) is 0 Å². The first-order valence-electron chi connectivity index (χ1n) is 7.52. The number of para-hydroxylation sites is 1. The summed E-state index contributed by atoms with van der Waals surface area (Å²) in [5.74, 6) is -0.637. The van der Waals surface area contributed by atoms with Crippen LogP contribution in [0.3, 0.4) is 0 Å². The second-order valence-corrected chi connectivity index (χ2v) is 7.40. The molecule has 3 rings (SSSR count). The second-order valence-electron chi connectivity index (χ2n) is 5.33. The van der Waals surface area contributed by atoms with Gasteiger partial charge in [-0.2, -0.15) is 0 Å². The topological polar surface area (TPSA) is 32.3 Å². The van der Waals surface area contributed by atoms with Crippen LogP contribution in [0, 0.1) is 5.82 Å². The zero-order valence-electron chi connectivity index (χ0n) is 12.9. The predicted octanol–water partition coefficient (Wildman–Crippen LogP) is 4.59. The molecular formula is C18H17FN2OS2. The molecule has 1 N–H and O–H groups in total. The van der Waals surface area contributed by atoms with Gasteiger partial charge in [0, 0.05) is 22.8 Å². The van der Waals surface area contributed by atoms with Crippen LogP contribution in [0.15, 0.2) is 59.3 Å². The van der Waals surface area contributed by atoms with E-state index in [-0.39, 0.29) is 18.1 Å². The van der Waals surface area contributed by atoms with Crippen LogP contribution in [-0.2, 0) is 17.9 Å². The zero-order valence-corrected chi connectivity index (χ0v) is 14.6. The summed E-state index contributed by atoms with van der Waals surface area (Å²) in [4.78, 5) is 16.8. The molecule has 0 aliphatic carbocycles. The highest BCUT2D eigenvalue weighted by Gasteiger charge is 2.14. The number of hydrogen-bond acceptors (Lipinski definition) is 4. The monoisotopic (exact) mass is 360 g/mol. The van der Waals surface area contributed by atoms with Gasteiger partial charge >= 0.3 is 0 Å². The van der Waals surface area contributed by atoms with Gasteiger partial charge in [-0.1, -0.05) is 24.3 Å². The SMILES string of the molecule is O=C(CN(Cc1cccs1)Cc1cccs1)Nc1ccccc1F. The number of amides is 1. The minimum absolute atomic E-state index is 0.212. The lowest BCUT2D eigenvalue weighted by molar-refractivity contribution is -0.117. The Morgan fingerprint density at radius 2 is 1.58 bits per heavy atom. The van der Waals surface area contributed by atoms with E-state index >= 15 is 0 Å². The normalized spacial score (nSPS) is 10.9. The van der Waals surface area contributed by atoms with E-state index < -0.39 is 5.82 Å². The molecule has 0 aliphatic heterocycles. The smallest absolute Gasteiger partial charge is 0.238 e. The minimum Gasteiger partial charge on any atom is -0.322 e. The van der Waals surface area contributed by atoms with Crippen molar-refractivity contribution in [2.75, 3.05) is 11.9 Å². The van der Waals surface area contributed by atoms with Crippen LogP contribution in [-0.4, -0.2) is 17.4 Å². The summed E-state index contributed by atoms with van der Waals surface area (Å²) in [6, 6.07) is 14.3. The van der Waals surface area contributed by atoms with Crippen molar-refractivity contribution in [1.82, 2.24) is 4.90 Å². The average molecular weight is 360 g/mol. The van der Waals surface area contributed by atoms with Crippen molar-refractivity contribution < 1.29 is 9.18 Å². The van der Waals surface area contributed by atoms with Crippen LogP contribution in [0.4, 0.5) is 10.1 Å². The van der Waals surface area contributed by atoms with Crippen molar-refractivity contribution in [2.24, 2.45) is 0 Å². The first-order chi connectivity index (χ1) is 11.7. The molecule has 0 aliphatic rings. The maximum absolute atomic E-state index is 13.7. The number of thiophene rings is 2. The Kier molecular flexibility index (Phi) is 5.74. The maximum atomic E-state index is 13.7. The van der Waals surface area contributed by atoms with Crippen molar-refractivity contribution in [3.8, 4) is 0 Å². The number of hydrogen-bond donors (Lipinski definition) is 1. The summed E-state index contributed by atoms with van der Waals surface area (Å²) in [5, 5.41) is 6.70. The van der Waals surface area contributed by atoms with Crippen LogP contribution in [0.5, 0.6) is 0 Å². The molecule has 0 atom stereocenters. The van der Waals surface area contributed by atoms with Gasteiger partial charge in [-0.3, -0.25) is 9.69 Å². The van der Waals surface area contributed by atoms with Gasteiger partial charge in [-0.05, 0) is 35.0 Å². The molecule has 0 saturated carbocycles. The molecule has 0 fully saturated rings. The van der Waals surface area contributed by atoms with Gasteiger partial charge in [-0.15, -0.1) is 22.7 Å². The van der Waals surface area contributed by atoms with E-state index in [2.05, 4.69) is 22.3 Å². The summed E-state index contributed by atoms with van der Waals surface area (Å²) >= 11 is 3.33. The van der Waals surface area contributed by atoms with Crippen LogP contribution in [0.25, 0.3) is 0 Å². The Morgan fingerprint density at radius 1 is 0.958 bits per heavy atom. The van der Waals surface area contributed by atoms with E-state index in [9.17, 15) is 9.18 Å². The van der Waals surface area contributed by atoms with Crippen LogP contribution < -0.4 is 5.32 Å². The highest BCUT2D eigenvalue weighted by molar-refractivity contribution is 7.10. The first-order valence-corrected chi connectivity index (χ1v) is 9.28. The number of nitrogens with zero attached hydrogens (tertiary/aromatic N) is 1. The van der Waals surface area contributed by atoms with Crippen LogP contribution >= 0.6 is 22.7 Å². The van der Waals surface area contributed by atoms with Crippen LogP contribution in [0.2, 0.25) is 0 Å². The number of rotatable bonds is 7. The molecule has 6 heteroatoms. The van der Waals surface area contributed by atoms with Gasteiger partial charge in [0.25, 0.3) is 0 Å². The van der Waals surface area contributed by atoms with Gasteiger partial charge in [0.1, 0.15) is 5.82 Å². The fourth-order valence-corrected chi connectivity index (χ4v) is 3.86. The maximum Gasteiger partial charge on any atom is 0.238 e. The molecule has 24 heavy (non-hydrogen) atoms. The quantitative estimate of drug-likeness (QED) is 0.668. The van der Waals surface area contributed by atoms with Crippen molar-refractivity contribution in [3.63, 3.8) is 0 Å². The fraction of sp³-hybridized carbons (Fsp3) is 0.167. The van der Waals surface area contributed by atoms with E-state index in [1.807, 2.05) is 22.9 Å². The average Bonchev–Trinajstić information content (AvgIpc) is 3.23. The number of benzene rings is 1. The number of carbonyl (C=O) groups excluding carboxylic acids is 1. The minimum atomic E-state index is -0.422. The lowest BCUT2D eigenvalue weighted by Crippen LogP contribution is -2.32. The Balaban J connectivity index is 1.66. The molecule has 2 heterocycles. The van der Waals surface area contributed by atoms with E-state index in [0.717, 1.165) is 0 Å². The molecule has 0 spiro atoms. The van der Waals surface area contributed by atoms with Crippen LogP contribution in [0.1, 0.15) is 9.75 Å². The Bertz CT molecular complexity index is 736. The Labute approximate surface area is 148 Å². The van der Waals surface area contributed by atoms with Gasteiger partial charge in [0.05, 0.1) is 12.2 Å². The molecular weight excluding hydrogens is 343 g/mol. The fourth-order valence-electron chi connectivity index (χ4n) is 2.37. The molecule has 0 unspecified atom stereocenters. The summed E-state index contributed by atoms with van der Waals surface area (Å²) in [7, 11) is 0. The summed E-state index contributed by atoms with van der Waals surface area (Å²) < 4.78 is 13.7. The van der Waals surface area contributed by atoms with Gasteiger partial charge in [-0.25, -0.2) is 4.39 Å². The summed E-state index contributed by atoms with van der Waals surface area (Å²) in [6.45, 7) is 1.60. The van der Waals surface area contributed by atoms with Crippen molar-refractivity contribution in [2.45, 2.75) is 13.1 Å². The van der Waals surface area contributed by atoms with Crippen molar-refractivity contribution >= 4 is 34.3 Å². The highest BCUT2D eigenvalue weighted by Crippen LogP contribution is 2.18. The van der Waals surface area contributed by atoms with Gasteiger partial charge in [0.15, 0.2) is 0 Å². The van der Waals surface area contributed by atoms with Crippen molar-refractivity contribution in [3.05, 3.63) is 74.9 Å².